The van der Waals surface area contributed by atoms with Crippen LogP contribution in [0.2, 0.25) is 0 Å². The SMILES string of the molecule is CNC(c1ccc(OC)cc1)C(C)N(C)C1CCCCC1. The molecule has 1 aromatic rings. The van der Waals surface area contributed by atoms with Crippen LogP contribution in [0.25, 0.3) is 0 Å². The number of benzene rings is 1. The Morgan fingerprint density at radius 2 is 1.76 bits per heavy atom. The van der Waals surface area contributed by atoms with Crippen molar-refractivity contribution >= 4 is 0 Å². The van der Waals surface area contributed by atoms with Gasteiger partial charge in [0.05, 0.1) is 7.11 Å². The lowest BCUT2D eigenvalue weighted by atomic mass is 9.91. The molecule has 21 heavy (non-hydrogen) atoms. The van der Waals surface area contributed by atoms with Crippen molar-refractivity contribution in [3.05, 3.63) is 29.8 Å². The molecule has 118 valence electrons. The minimum atomic E-state index is 0.350. The van der Waals surface area contributed by atoms with Crippen molar-refractivity contribution in [2.75, 3.05) is 21.2 Å². The van der Waals surface area contributed by atoms with E-state index in [1.165, 1.54) is 37.7 Å². The van der Waals surface area contributed by atoms with Crippen molar-refractivity contribution in [3.63, 3.8) is 0 Å². The second kappa shape index (κ2) is 7.81. The average Bonchev–Trinajstić information content (AvgIpc) is 2.56. The van der Waals surface area contributed by atoms with Gasteiger partial charge in [-0.05, 0) is 51.6 Å². The topological polar surface area (TPSA) is 24.5 Å². The van der Waals surface area contributed by atoms with Gasteiger partial charge in [-0.25, -0.2) is 0 Å². The zero-order chi connectivity index (χ0) is 15.2. The Bertz CT molecular complexity index is 412. The van der Waals surface area contributed by atoms with Crippen LogP contribution in [0.4, 0.5) is 0 Å². The van der Waals surface area contributed by atoms with Crippen LogP contribution in [-0.2, 0) is 0 Å². The van der Waals surface area contributed by atoms with Gasteiger partial charge >= 0.3 is 0 Å². The van der Waals surface area contributed by atoms with E-state index in [9.17, 15) is 0 Å². The van der Waals surface area contributed by atoms with E-state index in [0.717, 1.165) is 11.8 Å². The van der Waals surface area contributed by atoms with Gasteiger partial charge in [0.1, 0.15) is 5.75 Å². The first-order chi connectivity index (χ1) is 10.2. The van der Waals surface area contributed by atoms with Gasteiger partial charge in [0.15, 0.2) is 0 Å². The van der Waals surface area contributed by atoms with Crippen LogP contribution in [0.3, 0.4) is 0 Å². The van der Waals surface area contributed by atoms with Crippen LogP contribution in [0.15, 0.2) is 24.3 Å². The summed E-state index contributed by atoms with van der Waals surface area (Å²) in [6.07, 6.45) is 6.87. The lowest BCUT2D eigenvalue weighted by Gasteiger charge is -2.39. The molecular formula is C18H30N2O. The number of hydrogen-bond acceptors (Lipinski definition) is 3. The largest absolute Gasteiger partial charge is 0.497 e. The molecule has 0 amide bonds. The molecule has 2 unspecified atom stereocenters. The van der Waals surface area contributed by atoms with E-state index in [-0.39, 0.29) is 0 Å². The van der Waals surface area contributed by atoms with Crippen molar-refractivity contribution < 1.29 is 4.74 Å². The number of ether oxygens (including phenoxy) is 1. The van der Waals surface area contributed by atoms with Gasteiger partial charge in [-0.2, -0.15) is 0 Å². The van der Waals surface area contributed by atoms with Gasteiger partial charge in [-0.3, -0.25) is 4.90 Å². The maximum absolute atomic E-state index is 5.25. The Morgan fingerprint density at radius 3 is 2.29 bits per heavy atom. The minimum Gasteiger partial charge on any atom is -0.497 e. The van der Waals surface area contributed by atoms with Crippen LogP contribution < -0.4 is 10.1 Å². The molecule has 0 bridgehead atoms. The first kappa shape index (κ1) is 16.3. The molecule has 1 aliphatic carbocycles. The molecule has 1 fully saturated rings. The molecule has 2 atom stereocenters. The fourth-order valence-electron chi connectivity index (χ4n) is 3.55. The Balaban J connectivity index is 2.07. The van der Waals surface area contributed by atoms with E-state index in [0.29, 0.717) is 12.1 Å². The van der Waals surface area contributed by atoms with E-state index in [4.69, 9.17) is 4.74 Å². The van der Waals surface area contributed by atoms with E-state index < -0.39 is 0 Å². The number of likely N-dealkylation sites (N-methyl/N-ethyl adjacent to an activating group) is 2. The molecule has 0 spiro atoms. The van der Waals surface area contributed by atoms with E-state index in [2.05, 4.69) is 43.4 Å². The van der Waals surface area contributed by atoms with Gasteiger partial charge in [0.25, 0.3) is 0 Å². The third kappa shape index (κ3) is 3.98. The first-order valence-electron chi connectivity index (χ1n) is 8.20. The van der Waals surface area contributed by atoms with Crippen molar-refractivity contribution in [1.29, 1.82) is 0 Å². The summed E-state index contributed by atoms with van der Waals surface area (Å²) in [7, 11) is 6.05. The van der Waals surface area contributed by atoms with Crippen LogP contribution in [0, 0.1) is 0 Å². The van der Waals surface area contributed by atoms with Crippen LogP contribution >= 0.6 is 0 Å². The smallest absolute Gasteiger partial charge is 0.118 e. The highest BCUT2D eigenvalue weighted by molar-refractivity contribution is 5.29. The molecule has 1 N–H and O–H groups in total. The van der Waals surface area contributed by atoms with Crippen molar-refractivity contribution in [2.45, 2.75) is 57.2 Å². The molecule has 0 heterocycles. The second-order valence-corrected chi connectivity index (χ2v) is 6.24. The van der Waals surface area contributed by atoms with Crippen LogP contribution in [0.5, 0.6) is 5.75 Å². The summed E-state index contributed by atoms with van der Waals surface area (Å²) in [4.78, 5) is 2.57. The summed E-state index contributed by atoms with van der Waals surface area (Å²) < 4.78 is 5.25. The lowest BCUT2D eigenvalue weighted by molar-refractivity contribution is 0.122. The maximum atomic E-state index is 5.25. The molecule has 3 heteroatoms. The molecule has 2 rings (SSSR count). The maximum Gasteiger partial charge on any atom is 0.118 e. The lowest BCUT2D eigenvalue weighted by Crippen LogP contribution is -2.45. The summed E-state index contributed by atoms with van der Waals surface area (Å²) >= 11 is 0. The first-order valence-corrected chi connectivity index (χ1v) is 8.20. The molecule has 0 radical (unpaired) electrons. The molecule has 0 saturated heterocycles. The molecular weight excluding hydrogens is 260 g/mol. The van der Waals surface area contributed by atoms with Crippen LogP contribution in [-0.4, -0.2) is 38.2 Å². The van der Waals surface area contributed by atoms with Gasteiger partial charge < -0.3 is 10.1 Å². The molecule has 1 aliphatic rings. The predicted molar refractivity (Wildman–Crippen MR) is 88.9 cm³/mol. The third-order valence-electron chi connectivity index (χ3n) is 5.06. The highest BCUT2D eigenvalue weighted by Gasteiger charge is 2.27. The third-order valence-corrected chi connectivity index (χ3v) is 5.06. The van der Waals surface area contributed by atoms with E-state index in [1.807, 2.05) is 12.1 Å². The summed E-state index contributed by atoms with van der Waals surface area (Å²) in [6.45, 7) is 2.33. The van der Waals surface area contributed by atoms with Crippen LogP contribution in [0.1, 0.15) is 50.6 Å². The molecule has 0 aliphatic heterocycles. The Labute approximate surface area is 129 Å². The number of methoxy groups -OCH3 is 1. The number of hydrogen-bond donors (Lipinski definition) is 1. The Morgan fingerprint density at radius 1 is 1.14 bits per heavy atom. The fraction of sp³-hybridized carbons (Fsp3) is 0.667. The van der Waals surface area contributed by atoms with Crippen molar-refractivity contribution in [2.24, 2.45) is 0 Å². The standard InChI is InChI=1S/C18H30N2O/c1-14(20(3)16-8-6-5-7-9-16)18(19-2)15-10-12-17(21-4)13-11-15/h10-14,16,18-19H,5-9H2,1-4H3. The Hall–Kier alpha value is -1.06. The van der Waals surface area contributed by atoms with Gasteiger partial charge in [0.2, 0.25) is 0 Å². The molecule has 0 aromatic heterocycles. The van der Waals surface area contributed by atoms with E-state index >= 15 is 0 Å². The monoisotopic (exact) mass is 290 g/mol. The zero-order valence-corrected chi connectivity index (χ0v) is 13.9. The summed E-state index contributed by atoms with van der Waals surface area (Å²) in [5.74, 6) is 0.918. The summed E-state index contributed by atoms with van der Waals surface area (Å²) in [5, 5.41) is 3.49. The second-order valence-electron chi connectivity index (χ2n) is 6.24. The predicted octanol–water partition coefficient (Wildman–Crippen LogP) is 3.61. The summed E-state index contributed by atoms with van der Waals surface area (Å²) in [5.41, 5.74) is 1.33. The zero-order valence-electron chi connectivity index (χ0n) is 13.9. The highest BCUT2D eigenvalue weighted by Crippen LogP contribution is 2.28. The number of nitrogens with zero attached hydrogens (tertiary/aromatic N) is 1. The molecule has 1 aromatic carbocycles. The minimum absolute atomic E-state index is 0.350. The quantitative estimate of drug-likeness (QED) is 0.866. The molecule has 3 nitrogen and oxygen atoms in total. The van der Waals surface area contributed by atoms with Gasteiger partial charge in [-0.1, -0.05) is 31.4 Å². The fourth-order valence-corrected chi connectivity index (χ4v) is 3.55. The average molecular weight is 290 g/mol. The summed E-state index contributed by atoms with van der Waals surface area (Å²) in [6, 6.07) is 10.0. The molecule has 1 saturated carbocycles. The Kier molecular flexibility index (Phi) is 6.07. The number of nitrogens with one attached hydrogen (secondary N) is 1. The van der Waals surface area contributed by atoms with Gasteiger partial charge in [-0.15, -0.1) is 0 Å². The van der Waals surface area contributed by atoms with E-state index in [1.54, 1.807) is 7.11 Å². The van der Waals surface area contributed by atoms with Crippen molar-refractivity contribution in [3.8, 4) is 5.75 Å². The van der Waals surface area contributed by atoms with Crippen molar-refractivity contribution in [1.82, 2.24) is 10.2 Å². The van der Waals surface area contributed by atoms with Gasteiger partial charge in [0, 0.05) is 18.1 Å². The highest BCUT2D eigenvalue weighted by atomic mass is 16.5. The normalized spacial score (nSPS) is 19.5. The number of rotatable bonds is 6.